The van der Waals surface area contributed by atoms with Crippen LogP contribution in [-0.4, -0.2) is 50.3 Å². The van der Waals surface area contributed by atoms with Crippen molar-refractivity contribution in [2.45, 2.75) is 39.5 Å². The first kappa shape index (κ1) is 21.5. The van der Waals surface area contributed by atoms with E-state index >= 15 is 0 Å². The van der Waals surface area contributed by atoms with Gasteiger partial charge in [0, 0.05) is 25.0 Å². The summed E-state index contributed by atoms with van der Waals surface area (Å²) in [5, 5.41) is 3.51. The van der Waals surface area contributed by atoms with Crippen LogP contribution < -0.4 is 5.32 Å². The van der Waals surface area contributed by atoms with Crippen molar-refractivity contribution in [1.29, 1.82) is 0 Å². The van der Waals surface area contributed by atoms with Gasteiger partial charge in [-0.25, -0.2) is 0 Å². The number of nitrogens with zero attached hydrogens (tertiary/aromatic N) is 2. The van der Waals surface area contributed by atoms with Crippen molar-refractivity contribution in [3.05, 3.63) is 35.9 Å². The number of piperidine rings is 1. The number of halogens is 1. The zero-order chi connectivity index (χ0) is 17.7. The number of hydrogen-bond acceptors (Lipinski definition) is 2. The Bertz CT molecular complexity index is 574. The molecule has 4 nitrogen and oxygen atoms in total. The Labute approximate surface area is 175 Å². The van der Waals surface area contributed by atoms with Crippen molar-refractivity contribution in [3.8, 4) is 0 Å². The second-order valence-electron chi connectivity index (χ2n) is 7.89. The number of benzene rings is 1. The van der Waals surface area contributed by atoms with E-state index in [1.807, 2.05) is 0 Å². The molecule has 2 heterocycles. The van der Waals surface area contributed by atoms with Crippen LogP contribution in [-0.2, 0) is 4.74 Å². The maximum absolute atomic E-state index is 5.37. The van der Waals surface area contributed by atoms with Crippen LogP contribution in [0, 0.1) is 11.3 Å². The lowest BCUT2D eigenvalue weighted by Gasteiger charge is -2.41. The lowest BCUT2D eigenvalue weighted by molar-refractivity contribution is -0.0946. The molecule has 2 fully saturated rings. The largest absolute Gasteiger partial charge is 0.380 e. The van der Waals surface area contributed by atoms with Crippen molar-refractivity contribution in [2.24, 2.45) is 16.3 Å². The second-order valence-corrected chi connectivity index (χ2v) is 7.89. The molecule has 2 saturated heterocycles. The first-order chi connectivity index (χ1) is 12.1. The van der Waals surface area contributed by atoms with Crippen LogP contribution in [0.4, 0.5) is 0 Å². The highest BCUT2D eigenvalue weighted by atomic mass is 127. The van der Waals surface area contributed by atoms with Gasteiger partial charge in [-0.05, 0) is 30.7 Å². The first-order valence-corrected chi connectivity index (χ1v) is 9.81. The van der Waals surface area contributed by atoms with E-state index in [0.29, 0.717) is 11.8 Å². The van der Waals surface area contributed by atoms with Gasteiger partial charge in [-0.1, -0.05) is 50.6 Å². The number of likely N-dealkylation sites (tertiary alicyclic amines) is 1. The third kappa shape index (κ3) is 5.12. The van der Waals surface area contributed by atoms with Crippen LogP contribution in [0.3, 0.4) is 0 Å². The molecule has 1 aromatic carbocycles. The molecular formula is C21H34IN3O. The molecule has 1 aromatic rings. The summed E-state index contributed by atoms with van der Waals surface area (Å²) >= 11 is 0. The molecule has 0 amide bonds. The molecule has 2 aliphatic rings. The van der Waals surface area contributed by atoms with Crippen molar-refractivity contribution in [2.75, 3.05) is 39.4 Å². The highest BCUT2D eigenvalue weighted by Gasteiger charge is 2.34. The molecule has 3 rings (SSSR count). The highest BCUT2D eigenvalue weighted by Crippen LogP contribution is 2.35. The van der Waals surface area contributed by atoms with Gasteiger partial charge in [0.2, 0.25) is 0 Å². The molecule has 146 valence electrons. The fourth-order valence-electron chi connectivity index (χ4n) is 4.01. The van der Waals surface area contributed by atoms with E-state index in [0.717, 1.165) is 45.4 Å². The lowest BCUT2D eigenvalue weighted by Crippen LogP contribution is -2.49. The van der Waals surface area contributed by atoms with Gasteiger partial charge in [-0.3, -0.25) is 4.99 Å². The molecule has 2 atom stereocenters. The van der Waals surface area contributed by atoms with Gasteiger partial charge >= 0.3 is 0 Å². The zero-order valence-corrected chi connectivity index (χ0v) is 18.7. The van der Waals surface area contributed by atoms with E-state index < -0.39 is 0 Å². The van der Waals surface area contributed by atoms with Gasteiger partial charge in [-0.15, -0.1) is 24.0 Å². The summed E-state index contributed by atoms with van der Waals surface area (Å²) in [7, 11) is 0. The summed E-state index contributed by atoms with van der Waals surface area (Å²) in [5.74, 6) is 2.44. The Hall–Kier alpha value is -0.820. The van der Waals surface area contributed by atoms with Gasteiger partial charge in [-0.2, -0.15) is 0 Å². The van der Waals surface area contributed by atoms with Crippen LogP contribution in [0.1, 0.15) is 45.1 Å². The molecule has 0 saturated carbocycles. The van der Waals surface area contributed by atoms with Crippen LogP contribution in [0.15, 0.2) is 35.3 Å². The number of ether oxygens (including phenoxy) is 1. The molecule has 1 N–H and O–H groups in total. The molecule has 0 aliphatic carbocycles. The third-order valence-electron chi connectivity index (χ3n) is 5.63. The molecular weight excluding hydrogens is 437 g/mol. The van der Waals surface area contributed by atoms with Gasteiger partial charge in [0.05, 0.1) is 19.8 Å². The van der Waals surface area contributed by atoms with Crippen LogP contribution in [0.2, 0.25) is 0 Å². The Morgan fingerprint density at radius 3 is 2.58 bits per heavy atom. The minimum absolute atomic E-state index is 0. The average molecular weight is 471 g/mol. The fourth-order valence-corrected chi connectivity index (χ4v) is 4.01. The van der Waals surface area contributed by atoms with Gasteiger partial charge in [0.15, 0.2) is 5.96 Å². The topological polar surface area (TPSA) is 36.9 Å². The molecule has 0 radical (unpaired) electrons. The SMILES string of the molecule is CCNC(=NCC1(C)COC1)N1CCC(c2ccccc2)C(CC)C1.I. The van der Waals surface area contributed by atoms with Crippen molar-refractivity contribution >= 4 is 29.9 Å². The number of rotatable bonds is 5. The Kier molecular flexibility index (Phi) is 8.20. The maximum Gasteiger partial charge on any atom is 0.193 e. The van der Waals surface area contributed by atoms with E-state index in [9.17, 15) is 0 Å². The van der Waals surface area contributed by atoms with E-state index in [2.05, 4.69) is 61.3 Å². The standard InChI is InChI=1S/C21H33N3O.HI/c1-4-17-13-24(12-11-19(17)18-9-7-6-8-10-18)20(22-5-2)23-14-21(3)15-25-16-21;/h6-10,17,19H,4-5,11-16H2,1-3H3,(H,22,23);1H. The number of aliphatic imine (C=N–C) groups is 1. The first-order valence-electron chi connectivity index (χ1n) is 9.81. The second kappa shape index (κ2) is 9.93. The third-order valence-corrected chi connectivity index (χ3v) is 5.63. The van der Waals surface area contributed by atoms with E-state index in [1.54, 1.807) is 0 Å². The van der Waals surface area contributed by atoms with Crippen LogP contribution in [0.5, 0.6) is 0 Å². The lowest BCUT2D eigenvalue weighted by atomic mass is 9.79. The summed E-state index contributed by atoms with van der Waals surface area (Å²) in [4.78, 5) is 7.42. The number of nitrogens with one attached hydrogen (secondary N) is 1. The summed E-state index contributed by atoms with van der Waals surface area (Å²) in [6.45, 7) is 12.3. The summed E-state index contributed by atoms with van der Waals surface area (Å²) in [6.07, 6.45) is 2.41. The predicted molar refractivity (Wildman–Crippen MR) is 119 cm³/mol. The summed E-state index contributed by atoms with van der Waals surface area (Å²) < 4.78 is 5.37. The minimum Gasteiger partial charge on any atom is -0.380 e. The maximum atomic E-state index is 5.37. The number of hydrogen-bond donors (Lipinski definition) is 1. The Balaban J connectivity index is 0.00000243. The number of guanidine groups is 1. The monoisotopic (exact) mass is 471 g/mol. The van der Waals surface area contributed by atoms with E-state index in [-0.39, 0.29) is 29.4 Å². The van der Waals surface area contributed by atoms with Crippen LogP contribution >= 0.6 is 24.0 Å². The highest BCUT2D eigenvalue weighted by molar-refractivity contribution is 14.0. The van der Waals surface area contributed by atoms with Crippen molar-refractivity contribution in [1.82, 2.24) is 10.2 Å². The Morgan fingerprint density at radius 2 is 2.00 bits per heavy atom. The summed E-state index contributed by atoms with van der Waals surface area (Å²) in [6, 6.07) is 11.0. The van der Waals surface area contributed by atoms with Gasteiger partial charge in [0.1, 0.15) is 0 Å². The van der Waals surface area contributed by atoms with Crippen LogP contribution in [0.25, 0.3) is 0 Å². The zero-order valence-electron chi connectivity index (χ0n) is 16.4. The average Bonchev–Trinajstić information content (AvgIpc) is 2.63. The quantitative estimate of drug-likeness (QED) is 0.399. The fraction of sp³-hybridized carbons (Fsp3) is 0.667. The van der Waals surface area contributed by atoms with Gasteiger partial charge < -0.3 is 15.0 Å². The van der Waals surface area contributed by atoms with E-state index in [4.69, 9.17) is 9.73 Å². The molecule has 0 bridgehead atoms. The van der Waals surface area contributed by atoms with Crippen molar-refractivity contribution < 1.29 is 4.74 Å². The Morgan fingerprint density at radius 1 is 1.27 bits per heavy atom. The molecule has 2 unspecified atom stereocenters. The van der Waals surface area contributed by atoms with E-state index in [1.165, 1.54) is 18.4 Å². The van der Waals surface area contributed by atoms with Gasteiger partial charge in [0.25, 0.3) is 0 Å². The predicted octanol–water partition coefficient (Wildman–Crippen LogP) is 4.12. The molecule has 26 heavy (non-hydrogen) atoms. The minimum atomic E-state index is 0. The molecule has 0 aromatic heterocycles. The normalized spacial score (nSPS) is 25.2. The molecule has 0 spiro atoms. The molecule has 5 heteroatoms. The smallest absolute Gasteiger partial charge is 0.193 e. The van der Waals surface area contributed by atoms with Crippen molar-refractivity contribution in [3.63, 3.8) is 0 Å². The molecule has 2 aliphatic heterocycles. The summed E-state index contributed by atoms with van der Waals surface area (Å²) in [5.41, 5.74) is 1.72.